The number of aliphatic carboxylic acids is 1. The first-order valence-electron chi connectivity index (χ1n) is 8.38. The van der Waals surface area contributed by atoms with Crippen LogP contribution in [0.25, 0.3) is 0 Å². The molecule has 0 aromatic heterocycles. The summed E-state index contributed by atoms with van der Waals surface area (Å²) in [4.78, 5) is 10.3. The van der Waals surface area contributed by atoms with Crippen molar-refractivity contribution in [3.05, 3.63) is 0 Å². The van der Waals surface area contributed by atoms with Gasteiger partial charge in [-0.3, -0.25) is 4.79 Å². The van der Waals surface area contributed by atoms with Crippen molar-refractivity contribution in [2.45, 2.75) is 97.3 Å². The molecule has 0 heterocycles. The van der Waals surface area contributed by atoms with Gasteiger partial charge in [-0.1, -0.05) is 84.5 Å². The predicted octanol–water partition coefficient (Wildman–Crippen LogP) is 5.80. The van der Waals surface area contributed by atoms with Crippen LogP contribution in [-0.2, 0) is 4.79 Å². The van der Waals surface area contributed by atoms with E-state index in [-0.39, 0.29) is 0 Å². The largest absolute Gasteiger partial charge is 0.481 e. The van der Waals surface area contributed by atoms with Crippen LogP contribution in [0.5, 0.6) is 0 Å². The molecule has 2 heteroatoms. The molecule has 0 rings (SSSR count). The minimum Gasteiger partial charge on any atom is -0.481 e. The molecule has 0 saturated heterocycles. The van der Waals surface area contributed by atoms with E-state index in [9.17, 15) is 4.79 Å². The lowest BCUT2D eigenvalue weighted by molar-refractivity contribution is -0.137. The molecule has 0 aromatic rings. The van der Waals surface area contributed by atoms with Crippen LogP contribution in [-0.4, -0.2) is 11.1 Å². The highest BCUT2D eigenvalue weighted by Crippen LogP contribution is 2.18. The average Bonchev–Trinajstić information content (AvgIpc) is 2.37. The van der Waals surface area contributed by atoms with Gasteiger partial charge in [0, 0.05) is 6.42 Å². The molecule has 1 N–H and O–H groups in total. The molecule has 19 heavy (non-hydrogen) atoms. The minimum atomic E-state index is -0.656. The second kappa shape index (κ2) is 13.9. The van der Waals surface area contributed by atoms with Crippen molar-refractivity contribution in [2.24, 2.45) is 5.92 Å². The van der Waals surface area contributed by atoms with Crippen molar-refractivity contribution >= 4 is 5.97 Å². The first kappa shape index (κ1) is 18.5. The number of hydrogen-bond donors (Lipinski definition) is 1. The summed E-state index contributed by atoms with van der Waals surface area (Å²) >= 11 is 0. The van der Waals surface area contributed by atoms with Crippen molar-refractivity contribution in [3.8, 4) is 0 Å². The van der Waals surface area contributed by atoms with Crippen LogP contribution >= 0.6 is 0 Å². The van der Waals surface area contributed by atoms with Gasteiger partial charge in [0.15, 0.2) is 0 Å². The minimum absolute atomic E-state index is 0.341. The van der Waals surface area contributed by atoms with Crippen molar-refractivity contribution in [2.75, 3.05) is 0 Å². The van der Waals surface area contributed by atoms with Gasteiger partial charge < -0.3 is 5.11 Å². The summed E-state index contributed by atoms with van der Waals surface area (Å²) < 4.78 is 0. The van der Waals surface area contributed by atoms with Gasteiger partial charge in [-0.2, -0.15) is 0 Å². The van der Waals surface area contributed by atoms with E-state index in [0.29, 0.717) is 6.42 Å². The van der Waals surface area contributed by atoms with E-state index in [2.05, 4.69) is 13.8 Å². The van der Waals surface area contributed by atoms with Crippen LogP contribution in [0.2, 0.25) is 0 Å². The van der Waals surface area contributed by atoms with Gasteiger partial charge in [0.05, 0.1) is 0 Å². The summed E-state index contributed by atoms with van der Waals surface area (Å²) in [5, 5.41) is 8.53. The maximum absolute atomic E-state index is 10.3. The second-order valence-electron chi connectivity index (χ2n) is 6.01. The van der Waals surface area contributed by atoms with Gasteiger partial charge in [0.1, 0.15) is 0 Å². The molecule has 0 radical (unpaired) electrons. The molecule has 0 fully saturated rings. The molecule has 0 amide bonds. The third kappa shape index (κ3) is 15.4. The van der Waals surface area contributed by atoms with Crippen LogP contribution in [0.15, 0.2) is 0 Å². The predicted molar refractivity (Wildman–Crippen MR) is 82.5 cm³/mol. The smallest absolute Gasteiger partial charge is 0.303 e. The Kier molecular flexibility index (Phi) is 13.5. The number of unbranched alkanes of at least 4 members (excludes halogenated alkanes) is 8. The zero-order valence-electron chi connectivity index (χ0n) is 13.1. The Morgan fingerprint density at radius 2 is 1.32 bits per heavy atom. The fraction of sp³-hybridized carbons (Fsp3) is 0.941. The molecule has 0 unspecified atom stereocenters. The molecule has 0 saturated carbocycles. The fourth-order valence-corrected chi connectivity index (χ4v) is 2.54. The lowest BCUT2D eigenvalue weighted by Crippen LogP contribution is -1.96. The van der Waals surface area contributed by atoms with Crippen molar-refractivity contribution < 1.29 is 9.90 Å². The number of carboxylic acids is 1. The summed E-state index contributed by atoms with van der Waals surface area (Å²) in [6.07, 6.45) is 15.8. The third-order valence-electron chi connectivity index (χ3n) is 3.89. The lowest BCUT2D eigenvalue weighted by Gasteiger charge is -2.10. The van der Waals surface area contributed by atoms with Crippen molar-refractivity contribution in [1.82, 2.24) is 0 Å². The van der Waals surface area contributed by atoms with Crippen molar-refractivity contribution in [3.63, 3.8) is 0 Å². The normalized spacial score (nSPS) is 12.5. The van der Waals surface area contributed by atoms with E-state index in [0.717, 1.165) is 18.8 Å². The SMILES string of the molecule is CCCCCCC[C@H](C)CCCCCCCC(=O)O. The monoisotopic (exact) mass is 270 g/mol. The Bertz CT molecular complexity index is 201. The first-order valence-corrected chi connectivity index (χ1v) is 8.38. The summed E-state index contributed by atoms with van der Waals surface area (Å²) in [6.45, 7) is 4.64. The Balaban J connectivity index is 3.15. The van der Waals surface area contributed by atoms with Crippen LogP contribution in [0.4, 0.5) is 0 Å². The molecule has 1 atom stereocenters. The lowest BCUT2D eigenvalue weighted by atomic mass is 9.96. The summed E-state index contributed by atoms with van der Waals surface area (Å²) in [7, 11) is 0. The van der Waals surface area contributed by atoms with E-state index < -0.39 is 5.97 Å². The van der Waals surface area contributed by atoms with E-state index >= 15 is 0 Å². The maximum atomic E-state index is 10.3. The van der Waals surface area contributed by atoms with Gasteiger partial charge >= 0.3 is 5.97 Å². The molecular formula is C17H34O2. The molecule has 0 bridgehead atoms. The summed E-state index contributed by atoms with van der Waals surface area (Å²) in [6, 6.07) is 0. The molecule has 0 aliphatic rings. The first-order chi connectivity index (χ1) is 9.16. The van der Waals surface area contributed by atoms with E-state index in [4.69, 9.17) is 5.11 Å². The van der Waals surface area contributed by atoms with Crippen LogP contribution < -0.4 is 0 Å². The van der Waals surface area contributed by atoms with Gasteiger partial charge in [0.2, 0.25) is 0 Å². The number of carbonyl (C=O) groups is 1. The molecule has 2 nitrogen and oxygen atoms in total. The van der Waals surface area contributed by atoms with E-state index in [1.807, 2.05) is 0 Å². The quantitative estimate of drug-likeness (QED) is 0.405. The molecule has 114 valence electrons. The molecule has 0 aliphatic carbocycles. The van der Waals surface area contributed by atoms with Gasteiger partial charge in [-0.25, -0.2) is 0 Å². The van der Waals surface area contributed by atoms with E-state index in [1.165, 1.54) is 64.2 Å². The van der Waals surface area contributed by atoms with Crippen LogP contribution in [0, 0.1) is 5.92 Å². The Morgan fingerprint density at radius 1 is 0.842 bits per heavy atom. The molecular weight excluding hydrogens is 236 g/mol. The van der Waals surface area contributed by atoms with Crippen molar-refractivity contribution in [1.29, 1.82) is 0 Å². The summed E-state index contributed by atoms with van der Waals surface area (Å²) in [5.41, 5.74) is 0. The van der Waals surface area contributed by atoms with E-state index in [1.54, 1.807) is 0 Å². The molecule has 0 spiro atoms. The maximum Gasteiger partial charge on any atom is 0.303 e. The van der Waals surface area contributed by atoms with Gasteiger partial charge in [-0.15, -0.1) is 0 Å². The number of rotatable bonds is 14. The topological polar surface area (TPSA) is 37.3 Å². The molecule has 0 aromatic carbocycles. The average molecular weight is 270 g/mol. The number of carboxylic acid groups (broad SMARTS) is 1. The van der Waals surface area contributed by atoms with Crippen LogP contribution in [0.3, 0.4) is 0 Å². The zero-order chi connectivity index (χ0) is 14.3. The standard InChI is InChI=1S/C17H34O2/c1-3-4-5-7-10-13-16(2)14-11-8-6-9-12-15-17(18)19/h16H,3-15H2,1-2H3,(H,18,19)/t16-/m0/s1. The fourth-order valence-electron chi connectivity index (χ4n) is 2.54. The van der Waals surface area contributed by atoms with Crippen LogP contribution in [0.1, 0.15) is 97.3 Å². The summed E-state index contributed by atoms with van der Waals surface area (Å²) in [5.74, 6) is 0.220. The third-order valence-corrected chi connectivity index (χ3v) is 3.89. The highest BCUT2D eigenvalue weighted by molar-refractivity contribution is 5.66. The highest BCUT2D eigenvalue weighted by atomic mass is 16.4. The highest BCUT2D eigenvalue weighted by Gasteiger charge is 2.02. The number of hydrogen-bond acceptors (Lipinski definition) is 1. The second-order valence-corrected chi connectivity index (χ2v) is 6.01. The molecule has 0 aliphatic heterocycles. The van der Waals surface area contributed by atoms with Gasteiger partial charge in [-0.05, 0) is 12.3 Å². The Hall–Kier alpha value is -0.530. The Labute approximate surface area is 120 Å². The zero-order valence-corrected chi connectivity index (χ0v) is 13.1. The Morgan fingerprint density at radius 3 is 1.84 bits per heavy atom. The van der Waals surface area contributed by atoms with Gasteiger partial charge in [0.25, 0.3) is 0 Å².